The van der Waals surface area contributed by atoms with Crippen molar-refractivity contribution in [2.75, 3.05) is 26.2 Å². The lowest BCUT2D eigenvalue weighted by atomic mass is 9.94. The molecule has 0 spiro atoms. The van der Waals surface area contributed by atoms with E-state index in [2.05, 4.69) is 18.7 Å². The number of aryl methyl sites for hydroxylation is 1. The van der Waals surface area contributed by atoms with Crippen LogP contribution in [0.2, 0.25) is 5.02 Å². The molecule has 1 saturated heterocycles. The molecule has 6 heteroatoms. The summed E-state index contributed by atoms with van der Waals surface area (Å²) in [5.74, 6) is -1.36. The smallest absolute Gasteiger partial charge is 0.295 e. The number of amides is 1. The topological polar surface area (TPSA) is 60.9 Å². The fourth-order valence-electron chi connectivity index (χ4n) is 4.53. The molecule has 0 aliphatic carbocycles. The van der Waals surface area contributed by atoms with Crippen LogP contribution < -0.4 is 0 Å². The average molecular weight is 497 g/mol. The molecule has 1 aliphatic rings. The minimum Gasteiger partial charge on any atom is -0.507 e. The molecule has 0 aromatic heterocycles. The van der Waals surface area contributed by atoms with Gasteiger partial charge in [-0.3, -0.25) is 9.59 Å². The number of hydrogen-bond donors (Lipinski definition) is 1. The third-order valence-electron chi connectivity index (χ3n) is 6.58. The van der Waals surface area contributed by atoms with Gasteiger partial charge in [0.2, 0.25) is 0 Å². The number of ketones is 1. The average Bonchev–Trinajstić information content (AvgIpc) is 3.10. The van der Waals surface area contributed by atoms with E-state index in [1.54, 1.807) is 29.2 Å². The van der Waals surface area contributed by atoms with Gasteiger partial charge in [0.15, 0.2) is 0 Å². The number of Topliss-reactive ketones (excluding diaryl/α,β-unsaturated/α-hetero) is 1. The standard InChI is InChI=1S/C29H37ClN2O3/c1-4-6-17-31(18-7-5-2)19-8-20-32-26(22-11-9-21(3)10-12-22)25(28(34)29(32)35)27(33)23-13-15-24(30)16-14-23/h9-16,26,33H,4-8,17-20H2,1-3H3/b27-25+. The second-order valence-corrected chi connectivity index (χ2v) is 9.75. The van der Waals surface area contributed by atoms with E-state index < -0.39 is 17.7 Å². The lowest BCUT2D eigenvalue weighted by Crippen LogP contribution is -2.34. The van der Waals surface area contributed by atoms with E-state index in [1.807, 2.05) is 31.2 Å². The SMILES string of the molecule is CCCCN(CCCC)CCCN1C(=O)C(=O)/C(=C(/O)c2ccc(Cl)cc2)C1c1ccc(C)cc1. The van der Waals surface area contributed by atoms with E-state index in [9.17, 15) is 14.7 Å². The molecule has 1 unspecified atom stereocenters. The van der Waals surface area contributed by atoms with Gasteiger partial charge >= 0.3 is 0 Å². The van der Waals surface area contributed by atoms with Gasteiger partial charge in [-0.2, -0.15) is 0 Å². The summed E-state index contributed by atoms with van der Waals surface area (Å²) >= 11 is 6.01. The van der Waals surface area contributed by atoms with Gasteiger partial charge in [0.1, 0.15) is 5.76 Å². The molecule has 0 saturated carbocycles. The van der Waals surface area contributed by atoms with E-state index in [4.69, 9.17) is 11.6 Å². The Labute approximate surface area is 214 Å². The maximum Gasteiger partial charge on any atom is 0.295 e. The molecule has 0 radical (unpaired) electrons. The van der Waals surface area contributed by atoms with Crippen LogP contribution in [-0.4, -0.2) is 52.8 Å². The molecule has 1 fully saturated rings. The Morgan fingerprint density at radius 3 is 2.06 bits per heavy atom. The Morgan fingerprint density at radius 2 is 1.49 bits per heavy atom. The van der Waals surface area contributed by atoms with Crippen LogP contribution in [0.25, 0.3) is 5.76 Å². The van der Waals surface area contributed by atoms with Crippen LogP contribution in [-0.2, 0) is 9.59 Å². The molecule has 3 rings (SSSR count). The summed E-state index contributed by atoms with van der Waals surface area (Å²) in [5.41, 5.74) is 2.51. The van der Waals surface area contributed by atoms with Gasteiger partial charge < -0.3 is 14.9 Å². The Morgan fingerprint density at radius 1 is 0.914 bits per heavy atom. The lowest BCUT2D eigenvalue weighted by molar-refractivity contribution is -0.140. The summed E-state index contributed by atoms with van der Waals surface area (Å²) in [5, 5.41) is 11.7. The Bertz CT molecular complexity index is 1020. The number of likely N-dealkylation sites (tertiary alicyclic amines) is 1. The second-order valence-electron chi connectivity index (χ2n) is 9.31. The van der Waals surface area contributed by atoms with Crippen molar-refractivity contribution >= 4 is 29.1 Å². The zero-order chi connectivity index (χ0) is 25.4. The second kappa shape index (κ2) is 12.9. The highest BCUT2D eigenvalue weighted by atomic mass is 35.5. The Hall–Kier alpha value is -2.63. The van der Waals surface area contributed by atoms with Crippen LogP contribution in [0.1, 0.15) is 68.7 Å². The minimum atomic E-state index is -0.642. The Kier molecular flexibility index (Phi) is 9.93. The quantitative estimate of drug-likeness (QED) is 0.211. The third-order valence-corrected chi connectivity index (χ3v) is 6.83. The molecule has 1 N–H and O–H groups in total. The van der Waals surface area contributed by atoms with Crippen LogP contribution in [0.4, 0.5) is 0 Å². The molecule has 1 amide bonds. The van der Waals surface area contributed by atoms with E-state index >= 15 is 0 Å². The maximum absolute atomic E-state index is 13.2. The molecule has 1 aliphatic heterocycles. The van der Waals surface area contributed by atoms with Gasteiger partial charge in [0, 0.05) is 17.1 Å². The predicted octanol–water partition coefficient (Wildman–Crippen LogP) is 6.36. The number of benzene rings is 2. The van der Waals surface area contributed by atoms with Crippen molar-refractivity contribution in [3.05, 3.63) is 75.8 Å². The van der Waals surface area contributed by atoms with Crippen molar-refractivity contribution in [2.45, 2.75) is 58.9 Å². The zero-order valence-electron chi connectivity index (χ0n) is 21.1. The largest absolute Gasteiger partial charge is 0.507 e. The number of nitrogens with zero attached hydrogens (tertiary/aromatic N) is 2. The van der Waals surface area contributed by atoms with Gasteiger partial charge in [0.05, 0.1) is 11.6 Å². The van der Waals surface area contributed by atoms with Gasteiger partial charge in [0.25, 0.3) is 11.7 Å². The first-order valence-electron chi connectivity index (χ1n) is 12.7. The van der Waals surface area contributed by atoms with E-state index in [0.29, 0.717) is 17.1 Å². The summed E-state index contributed by atoms with van der Waals surface area (Å²) in [6, 6.07) is 13.8. The molecule has 1 atom stereocenters. The predicted molar refractivity (Wildman–Crippen MR) is 143 cm³/mol. The van der Waals surface area contributed by atoms with Crippen LogP contribution in [0, 0.1) is 6.92 Å². The van der Waals surface area contributed by atoms with Crippen molar-refractivity contribution in [3.8, 4) is 0 Å². The highest BCUT2D eigenvalue weighted by Gasteiger charge is 2.45. The molecular formula is C29H37ClN2O3. The van der Waals surface area contributed by atoms with E-state index in [0.717, 1.165) is 62.9 Å². The number of hydrogen-bond acceptors (Lipinski definition) is 4. The van der Waals surface area contributed by atoms with Crippen molar-refractivity contribution < 1.29 is 14.7 Å². The van der Waals surface area contributed by atoms with Gasteiger partial charge in [-0.25, -0.2) is 0 Å². The maximum atomic E-state index is 13.2. The number of halogens is 1. The molecule has 2 aromatic rings. The fraction of sp³-hybridized carbons (Fsp3) is 0.448. The van der Waals surface area contributed by atoms with Gasteiger partial charge in [-0.15, -0.1) is 0 Å². The van der Waals surface area contributed by atoms with Crippen molar-refractivity contribution in [2.24, 2.45) is 0 Å². The van der Waals surface area contributed by atoms with Crippen molar-refractivity contribution in [1.29, 1.82) is 0 Å². The Balaban J connectivity index is 1.90. The number of carbonyl (C=O) groups excluding carboxylic acids is 2. The summed E-state index contributed by atoms with van der Waals surface area (Å²) < 4.78 is 0. The zero-order valence-corrected chi connectivity index (χ0v) is 21.9. The first-order chi connectivity index (χ1) is 16.9. The lowest BCUT2D eigenvalue weighted by Gasteiger charge is -2.27. The molecule has 188 valence electrons. The molecular weight excluding hydrogens is 460 g/mol. The molecule has 1 heterocycles. The summed E-state index contributed by atoms with van der Waals surface area (Å²) in [7, 11) is 0. The first kappa shape index (κ1) is 27.0. The fourth-order valence-corrected chi connectivity index (χ4v) is 4.66. The normalized spacial score (nSPS) is 17.5. The van der Waals surface area contributed by atoms with E-state index in [1.165, 1.54) is 0 Å². The van der Waals surface area contributed by atoms with Crippen LogP contribution in [0.5, 0.6) is 0 Å². The summed E-state index contributed by atoms with van der Waals surface area (Å²) in [6.07, 6.45) is 5.37. The van der Waals surface area contributed by atoms with Gasteiger partial charge in [-0.05, 0) is 75.6 Å². The highest BCUT2D eigenvalue weighted by Crippen LogP contribution is 2.39. The summed E-state index contributed by atoms with van der Waals surface area (Å²) in [4.78, 5) is 30.4. The highest BCUT2D eigenvalue weighted by molar-refractivity contribution is 6.46. The number of carbonyl (C=O) groups is 2. The number of aliphatic hydroxyl groups is 1. The van der Waals surface area contributed by atoms with Crippen molar-refractivity contribution in [3.63, 3.8) is 0 Å². The molecule has 0 bridgehead atoms. The minimum absolute atomic E-state index is 0.134. The molecule has 2 aromatic carbocycles. The van der Waals surface area contributed by atoms with E-state index in [-0.39, 0.29) is 11.3 Å². The number of rotatable bonds is 12. The monoisotopic (exact) mass is 496 g/mol. The number of aliphatic hydroxyl groups excluding tert-OH is 1. The molecule has 5 nitrogen and oxygen atoms in total. The van der Waals surface area contributed by atoms with Crippen LogP contribution in [0.3, 0.4) is 0 Å². The van der Waals surface area contributed by atoms with Crippen LogP contribution in [0.15, 0.2) is 54.1 Å². The molecule has 35 heavy (non-hydrogen) atoms. The van der Waals surface area contributed by atoms with Crippen LogP contribution >= 0.6 is 11.6 Å². The third kappa shape index (κ3) is 6.74. The first-order valence-corrected chi connectivity index (χ1v) is 13.1. The van der Waals surface area contributed by atoms with Crippen molar-refractivity contribution in [1.82, 2.24) is 9.80 Å². The number of unbranched alkanes of at least 4 members (excludes halogenated alkanes) is 2. The summed E-state index contributed by atoms with van der Waals surface area (Å²) in [6.45, 7) is 9.81. The van der Waals surface area contributed by atoms with Gasteiger partial charge in [-0.1, -0.05) is 68.1 Å².